The van der Waals surface area contributed by atoms with Crippen LogP contribution in [0, 0.1) is 0 Å². The Morgan fingerprint density at radius 2 is 1.93 bits per heavy atom. The highest BCUT2D eigenvalue weighted by Gasteiger charge is 2.12. The highest BCUT2D eigenvalue weighted by atomic mass is 28.2. The van der Waals surface area contributed by atoms with Gasteiger partial charge in [0.15, 0.2) is 0 Å². The van der Waals surface area contributed by atoms with E-state index in [0.29, 0.717) is 28.5 Å². The molecular weight excluding hydrogens is 196 g/mol. The molecule has 14 heavy (non-hydrogen) atoms. The zero-order valence-electron chi connectivity index (χ0n) is 9.35. The van der Waals surface area contributed by atoms with Crippen molar-refractivity contribution in [2.75, 3.05) is 13.2 Å². The fourth-order valence-corrected chi connectivity index (χ4v) is 1.19. The molecule has 0 aliphatic rings. The summed E-state index contributed by atoms with van der Waals surface area (Å²) in [6.07, 6.45) is 0. The van der Waals surface area contributed by atoms with Crippen LogP contribution in [0.15, 0.2) is 12.2 Å². The molecule has 0 aromatic rings. The average molecular weight is 214 g/mol. The summed E-state index contributed by atoms with van der Waals surface area (Å²) >= 11 is 0. The monoisotopic (exact) mass is 214 g/mol. The van der Waals surface area contributed by atoms with Gasteiger partial charge in [0.25, 0.3) is 0 Å². The summed E-state index contributed by atoms with van der Waals surface area (Å²) in [6.45, 7) is 12.2. The van der Waals surface area contributed by atoms with Crippen molar-refractivity contribution in [1.29, 1.82) is 0 Å². The standard InChI is InChI=1S/C10H18O3Si/c1-8(2)9(11)12-6-7-13-14-10(3,4)5/h1,6-7H2,2-5H3. The second kappa shape index (κ2) is 5.98. The lowest BCUT2D eigenvalue weighted by molar-refractivity contribution is -0.139. The molecule has 0 aliphatic carbocycles. The number of ether oxygens (including phenoxy) is 1. The zero-order chi connectivity index (χ0) is 11.2. The van der Waals surface area contributed by atoms with E-state index in [1.807, 2.05) is 0 Å². The third-order valence-corrected chi connectivity index (χ3v) is 2.11. The van der Waals surface area contributed by atoms with Gasteiger partial charge in [-0.2, -0.15) is 0 Å². The van der Waals surface area contributed by atoms with Crippen LogP contribution in [-0.2, 0) is 14.0 Å². The summed E-state index contributed by atoms with van der Waals surface area (Å²) < 4.78 is 10.2. The first-order valence-corrected chi connectivity index (χ1v) is 5.45. The Balaban J connectivity index is 3.39. The number of esters is 1. The molecule has 3 nitrogen and oxygen atoms in total. The minimum atomic E-state index is -0.354. The van der Waals surface area contributed by atoms with E-state index in [1.54, 1.807) is 6.92 Å². The minimum absolute atomic E-state index is 0.179. The molecule has 80 valence electrons. The highest BCUT2D eigenvalue weighted by molar-refractivity contribution is 6.31. The van der Waals surface area contributed by atoms with E-state index in [-0.39, 0.29) is 11.0 Å². The summed E-state index contributed by atoms with van der Waals surface area (Å²) in [5.41, 5.74) is 0.420. The lowest BCUT2D eigenvalue weighted by Gasteiger charge is -2.15. The van der Waals surface area contributed by atoms with Crippen molar-refractivity contribution >= 4 is 15.7 Å². The Morgan fingerprint density at radius 3 is 2.36 bits per heavy atom. The maximum absolute atomic E-state index is 10.9. The summed E-state index contributed by atoms with van der Waals surface area (Å²) in [7, 11) is 0.426. The van der Waals surface area contributed by atoms with E-state index < -0.39 is 0 Å². The number of hydrogen-bond acceptors (Lipinski definition) is 3. The van der Waals surface area contributed by atoms with Gasteiger partial charge in [-0.1, -0.05) is 27.4 Å². The van der Waals surface area contributed by atoms with Gasteiger partial charge < -0.3 is 9.16 Å². The number of carbonyl (C=O) groups is 1. The molecular formula is C10H18O3Si. The summed E-state index contributed by atoms with van der Waals surface area (Å²) in [4.78, 5) is 10.9. The molecule has 0 heterocycles. The molecule has 4 heteroatoms. The zero-order valence-corrected chi connectivity index (χ0v) is 10.3. The quantitative estimate of drug-likeness (QED) is 0.304. The Kier molecular flexibility index (Phi) is 5.72. The fourth-order valence-electron chi connectivity index (χ4n) is 0.567. The molecule has 0 spiro atoms. The van der Waals surface area contributed by atoms with E-state index in [9.17, 15) is 4.79 Å². The third kappa shape index (κ3) is 8.01. The minimum Gasteiger partial charge on any atom is -0.460 e. The van der Waals surface area contributed by atoms with E-state index in [1.165, 1.54) is 0 Å². The molecule has 0 aromatic carbocycles. The van der Waals surface area contributed by atoms with Crippen LogP contribution in [0.5, 0.6) is 0 Å². The SMILES string of the molecule is C=C(C)C(=O)OCCO[Si]C(C)(C)C. The fraction of sp³-hybridized carbons (Fsp3) is 0.700. The maximum Gasteiger partial charge on any atom is 0.333 e. The Hall–Kier alpha value is -0.613. The number of hydrogen-bond donors (Lipinski definition) is 0. The van der Waals surface area contributed by atoms with E-state index in [2.05, 4.69) is 27.4 Å². The van der Waals surface area contributed by atoms with Crippen molar-refractivity contribution in [3.05, 3.63) is 12.2 Å². The van der Waals surface area contributed by atoms with Crippen LogP contribution >= 0.6 is 0 Å². The molecule has 0 fully saturated rings. The van der Waals surface area contributed by atoms with Crippen LogP contribution in [0.1, 0.15) is 27.7 Å². The molecule has 0 aliphatic heterocycles. The molecule has 0 unspecified atom stereocenters. The van der Waals surface area contributed by atoms with Gasteiger partial charge in [0, 0.05) is 5.57 Å². The van der Waals surface area contributed by atoms with Crippen molar-refractivity contribution in [2.24, 2.45) is 0 Å². The lowest BCUT2D eigenvalue weighted by Crippen LogP contribution is -2.17. The van der Waals surface area contributed by atoms with Gasteiger partial charge in [-0.3, -0.25) is 0 Å². The number of carbonyl (C=O) groups excluding carboxylic acids is 1. The summed E-state index contributed by atoms with van der Waals surface area (Å²) in [5, 5.41) is 0.179. The van der Waals surface area contributed by atoms with Crippen molar-refractivity contribution in [1.82, 2.24) is 0 Å². The molecule has 0 rings (SSSR count). The van der Waals surface area contributed by atoms with Crippen LogP contribution in [0.4, 0.5) is 0 Å². The molecule has 0 amide bonds. The predicted molar refractivity (Wildman–Crippen MR) is 57.2 cm³/mol. The average Bonchev–Trinajstić information content (AvgIpc) is 2.01. The van der Waals surface area contributed by atoms with Crippen molar-refractivity contribution in [2.45, 2.75) is 32.7 Å². The van der Waals surface area contributed by atoms with Crippen molar-refractivity contribution in [3.8, 4) is 0 Å². The van der Waals surface area contributed by atoms with Crippen LogP contribution < -0.4 is 0 Å². The van der Waals surface area contributed by atoms with Crippen molar-refractivity contribution < 1.29 is 14.0 Å². The van der Waals surface area contributed by atoms with E-state index in [0.717, 1.165) is 0 Å². The second-order valence-corrected chi connectivity index (χ2v) is 6.11. The Bertz CT molecular complexity index is 206. The lowest BCUT2D eigenvalue weighted by atomic mass is 10.3. The largest absolute Gasteiger partial charge is 0.460 e. The topological polar surface area (TPSA) is 35.5 Å². The molecule has 0 aromatic heterocycles. The summed E-state index contributed by atoms with van der Waals surface area (Å²) in [6, 6.07) is 0. The molecule has 0 saturated carbocycles. The highest BCUT2D eigenvalue weighted by Crippen LogP contribution is 2.19. The second-order valence-electron chi connectivity index (χ2n) is 4.12. The van der Waals surface area contributed by atoms with Gasteiger partial charge in [-0.15, -0.1) is 0 Å². The molecule has 0 N–H and O–H groups in total. The van der Waals surface area contributed by atoms with E-state index in [4.69, 9.17) is 9.16 Å². The first-order chi connectivity index (χ1) is 6.33. The molecule has 2 radical (unpaired) electrons. The van der Waals surface area contributed by atoms with Gasteiger partial charge in [0.1, 0.15) is 6.61 Å². The van der Waals surface area contributed by atoms with Crippen LogP contribution in [0.25, 0.3) is 0 Å². The Labute approximate surface area is 88.4 Å². The van der Waals surface area contributed by atoms with Crippen molar-refractivity contribution in [3.63, 3.8) is 0 Å². The number of rotatable bonds is 5. The molecule has 0 bridgehead atoms. The van der Waals surface area contributed by atoms with Crippen LogP contribution in [0.3, 0.4) is 0 Å². The Morgan fingerprint density at radius 1 is 1.36 bits per heavy atom. The van der Waals surface area contributed by atoms with Crippen LogP contribution in [0.2, 0.25) is 5.04 Å². The molecule has 0 saturated heterocycles. The van der Waals surface area contributed by atoms with Crippen LogP contribution in [-0.4, -0.2) is 28.9 Å². The normalized spacial score (nSPS) is 11.1. The van der Waals surface area contributed by atoms with E-state index >= 15 is 0 Å². The summed E-state index contributed by atoms with van der Waals surface area (Å²) in [5.74, 6) is -0.354. The smallest absolute Gasteiger partial charge is 0.333 e. The van der Waals surface area contributed by atoms with Gasteiger partial charge in [0.2, 0.25) is 9.76 Å². The predicted octanol–water partition coefficient (Wildman–Crippen LogP) is 1.96. The van der Waals surface area contributed by atoms with Gasteiger partial charge in [-0.05, 0) is 12.0 Å². The molecule has 0 atom stereocenters. The first-order valence-electron chi connectivity index (χ1n) is 4.54. The van der Waals surface area contributed by atoms with Gasteiger partial charge in [-0.25, -0.2) is 4.79 Å². The first kappa shape index (κ1) is 13.4. The van der Waals surface area contributed by atoms with Gasteiger partial charge in [0.05, 0.1) is 6.61 Å². The third-order valence-electron chi connectivity index (χ3n) is 1.15. The maximum atomic E-state index is 10.9. The van der Waals surface area contributed by atoms with Gasteiger partial charge >= 0.3 is 5.97 Å².